The summed E-state index contributed by atoms with van der Waals surface area (Å²) in [5.74, 6) is 2.01. The van der Waals surface area contributed by atoms with E-state index in [1.54, 1.807) is 6.07 Å². The van der Waals surface area contributed by atoms with Gasteiger partial charge in [-0.3, -0.25) is 0 Å². The zero-order valence-electron chi connectivity index (χ0n) is 9.79. The second-order valence-corrected chi connectivity index (χ2v) is 3.63. The van der Waals surface area contributed by atoms with Crippen LogP contribution in [0.5, 0.6) is 17.2 Å². The molecule has 0 atom stereocenters. The topological polar surface area (TPSA) is 39.7 Å². The third-order valence-corrected chi connectivity index (χ3v) is 2.46. The molecule has 5 heteroatoms. The number of halogens is 1. The van der Waals surface area contributed by atoms with E-state index < -0.39 is 6.67 Å². The number of fused-ring (bicyclic) bond motifs is 1. The molecule has 0 amide bonds. The summed E-state index contributed by atoms with van der Waals surface area (Å²) in [6.45, 7) is 3.32. The average Bonchev–Trinajstić information content (AvgIpc) is 2.80. The van der Waals surface area contributed by atoms with Gasteiger partial charge in [-0.2, -0.15) is 0 Å². The van der Waals surface area contributed by atoms with Crippen LogP contribution in [0, 0.1) is 0 Å². The van der Waals surface area contributed by atoms with E-state index in [0.717, 1.165) is 12.1 Å². The maximum Gasteiger partial charge on any atom is 0.231 e. The van der Waals surface area contributed by atoms with Crippen molar-refractivity contribution in [3.8, 4) is 17.2 Å². The van der Waals surface area contributed by atoms with E-state index in [4.69, 9.17) is 14.2 Å². The Morgan fingerprint density at radius 2 is 2.12 bits per heavy atom. The van der Waals surface area contributed by atoms with E-state index in [-0.39, 0.29) is 13.4 Å². The molecule has 1 heterocycles. The first-order chi connectivity index (χ1) is 8.35. The number of hydrogen-bond acceptors (Lipinski definition) is 4. The van der Waals surface area contributed by atoms with Crippen LogP contribution in [0.3, 0.4) is 0 Å². The van der Waals surface area contributed by atoms with Gasteiger partial charge < -0.3 is 19.5 Å². The zero-order chi connectivity index (χ0) is 12.1. The molecular weight excluding hydrogens is 225 g/mol. The van der Waals surface area contributed by atoms with Gasteiger partial charge in [0.05, 0.1) is 0 Å². The highest BCUT2D eigenvalue weighted by Crippen LogP contribution is 2.38. The molecule has 1 aliphatic rings. The number of hydrogen-bond donors (Lipinski definition) is 1. The molecule has 4 nitrogen and oxygen atoms in total. The summed E-state index contributed by atoms with van der Waals surface area (Å²) in [4.78, 5) is 0. The predicted octanol–water partition coefficient (Wildman–Crippen LogP) is 1.87. The van der Waals surface area contributed by atoms with Crippen molar-refractivity contribution in [1.29, 1.82) is 0 Å². The molecule has 0 bridgehead atoms. The molecule has 0 saturated heterocycles. The standard InChI is InChI=1S/C12H16FNO3/c1-2-14-7-9-5-11-12(17-8-16-11)6-10(9)15-4-3-13/h5-6,14H,2-4,7-8H2,1H3. The molecule has 0 radical (unpaired) electrons. The van der Waals surface area contributed by atoms with Gasteiger partial charge in [-0.25, -0.2) is 4.39 Å². The summed E-state index contributed by atoms with van der Waals surface area (Å²) >= 11 is 0. The molecule has 0 unspecified atom stereocenters. The van der Waals surface area contributed by atoms with Gasteiger partial charge in [-0.1, -0.05) is 6.92 Å². The van der Waals surface area contributed by atoms with Crippen molar-refractivity contribution in [3.05, 3.63) is 17.7 Å². The van der Waals surface area contributed by atoms with Gasteiger partial charge in [-0.05, 0) is 12.6 Å². The van der Waals surface area contributed by atoms with Crippen LogP contribution in [0.4, 0.5) is 4.39 Å². The molecule has 0 spiro atoms. The van der Waals surface area contributed by atoms with Gasteiger partial charge in [0.15, 0.2) is 11.5 Å². The van der Waals surface area contributed by atoms with E-state index >= 15 is 0 Å². The van der Waals surface area contributed by atoms with E-state index in [9.17, 15) is 4.39 Å². The maximum atomic E-state index is 12.1. The van der Waals surface area contributed by atoms with Crippen LogP contribution in [0.2, 0.25) is 0 Å². The second-order valence-electron chi connectivity index (χ2n) is 3.63. The van der Waals surface area contributed by atoms with Crippen molar-refractivity contribution in [3.63, 3.8) is 0 Å². The molecule has 0 aromatic heterocycles. The summed E-state index contributed by atoms with van der Waals surface area (Å²) in [5, 5.41) is 3.20. The largest absolute Gasteiger partial charge is 0.490 e. The average molecular weight is 241 g/mol. The van der Waals surface area contributed by atoms with Crippen molar-refractivity contribution >= 4 is 0 Å². The molecule has 1 aromatic carbocycles. The van der Waals surface area contributed by atoms with Crippen LogP contribution in [-0.4, -0.2) is 26.6 Å². The quantitative estimate of drug-likeness (QED) is 0.825. The summed E-state index contributed by atoms with van der Waals surface area (Å²) in [6.07, 6.45) is 0. The zero-order valence-corrected chi connectivity index (χ0v) is 9.79. The van der Waals surface area contributed by atoms with Gasteiger partial charge in [0, 0.05) is 18.2 Å². The third kappa shape index (κ3) is 2.79. The summed E-state index contributed by atoms with van der Waals surface area (Å²) in [5.41, 5.74) is 0.949. The minimum Gasteiger partial charge on any atom is -0.490 e. The maximum absolute atomic E-state index is 12.1. The molecule has 17 heavy (non-hydrogen) atoms. The van der Waals surface area contributed by atoms with Crippen LogP contribution in [0.1, 0.15) is 12.5 Å². The fraction of sp³-hybridized carbons (Fsp3) is 0.500. The predicted molar refractivity (Wildman–Crippen MR) is 61.4 cm³/mol. The van der Waals surface area contributed by atoms with Gasteiger partial charge in [0.1, 0.15) is 19.0 Å². The van der Waals surface area contributed by atoms with Gasteiger partial charge in [-0.15, -0.1) is 0 Å². The second kappa shape index (κ2) is 5.72. The number of rotatable bonds is 6. The lowest BCUT2D eigenvalue weighted by atomic mass is 10.1. The molecule has 0 aliphatic carbocycles. The molecule has 1 N–H and O–H groups in total. The van der Waals surface area contributed by atoms with Crippen molar-refractivity contribution in [2.45, 2.75) is 13.5 Å². The molecule has 1 aromatic rings. The van der Waals surface area contributed by atoms with E-state index in [1.165, 1.54) is 0 Å². The minimum absolute atomic E-state index is 0.0543. The smallest absolute Gasteiger partial charge is 0.231 e. The number of benzene rings is 1. The van der Waals surface area contributed by atoms with Gasteiger partial charge in [0.25, 0.3) is 0 Å². The molecular formula is C12H16FNO3. The van der Waals surface area contributed by atoms with Crippen molar-refractivity contribution in [2.75, 3.05) is 26.6 Å². The molecule has 1 aliphatic heterocycles. The van der Waals surface area contributed by atoms with Crippen LogP contribution < -0.4 is 19.5 Å². The summed E-state index contributed by atoms with van der Waals surface area (Å²) < 4.78 is 28.1. The summed E-state index contributed by atoms with van der Waals surface area (Å²) in [6, 6.07) is 3.63. The lowest BCUT2D eigenvalue weighted by molar-refractivity contribution is 0.173. The lowest BCUT2D eigenvalue weighted by Gasteiger charge is -2.11. The molecule has 94 valence electrons. The SMILES string of the molecule is CCNCc1cc2c(cc1OCCF)OCO2. The first kappa shape index (κ1) is 12.0. The van der Waals surface area contributed by atoms with Crippen LogP contribution in [0.15, 0.2) is 12.1 Å². The van der Waals surface area contributed by atoms with Crippen LogP contribution >= 0.6 is 0 Å². The van der Waals surface area contributed by atoms with E-state index in [0.29, 0.717) is 23.8 Å². The Labute approximate surface area is 99.7 Å². The van der Waals surface area contributed by atoms with Crippen molar-refractivity contribution < 1.29 is 18.6 Å². The summed E-state index contributed by atoms with van der Waals surface area (Å²) in [7, 11) is 0. The Hall–Kier alpha value is -1.49. The Kier molecular flexibility index (Phi) is 4.03. The minimum atomic E-state index is -0.505. The Morgan fingerprint density at radius 3 is 2.82 bits per heavy atom. The number of nitrogens with one attached hydrogen (secondary N) is 1. The molecule has 2 rings (SSSR count). The monoisotopic (exact) mass is 241 g/mol. The lowest BCUT2D eigenvalue weighted by Crippen LogP contribution is -2.13. The third-order valence-electron chi connectivity index (χ3n) is 2.46. The van der Waals surface area contributed by atoms with Crippen molar-refractivity contribution in [1.82, 2.24) is 5.32 Å². The normalized spacial score (nSPS) is 12.8. The fourth-order valence-electron chi connectivity index (χ4n) is 1.65. The highest BCUT2D eigenvalue weighted by atomic mass is 19.1. The van der Waals surface area contributed by atoms with E-state index in [1.807, 2.05) is 13.0 Å². The Bertz CT molecular complexity index is 349. The molecule has 0 saturated carbocycles. The van der Waals surface area contributed by atoms with Crippen LogP contribution in [-0.2, 0) is 6.54 Å². The highest BCUT2D eigenvalue weighted by molar-refractivity contribution is 5.51. The van der Waals surface area contributed by atoms with Gasteiger partial charge in [0.2, 0.25) is 6.79 Å². The van der Waals surface area contributed by atoms with E-state index in [2.05, 4.69) is 5.32 Å². The first-order valence-corrected chi connectivity index (χ1v) is 5.67. The van der Waals surface area contributed by atoms with Crippen molar-refractivity contribution in [2.24, 2.45) is 0 Å². The fourth-order valence-corrected chi connectivity index (χ4v) is 1.65. The Morgan fingerprint density at radius 1 is 1.35 bits per heavy atom. The molecule has 0 fully saturated rings. The highest BCUT2D eigenvalue weighted by Gasteiger charge is 2.17. The Balaban J connectivity index is 2.19. The van der Waals surface area contributed by atoms with Crippen LogP contribution in [0.25, 0.3) is 0 Å². The first-order valence-electron chi connectivity index (χ1n) is 5.67. The van der Waals surface area contributed by atoms with Gasteiger partial charge >= 0.3 is 0 Å². The number of ether oxygens (including phenoxy) is 3. The number of alkyl halides is 1.